The summed E-state index contributed by atoms with van der Waals surface area (Å²) in [5, 5.41) is 23.1. The minimum absolute atomic E-state index is 0.0169. The molecule has 1 atom stereocenters. The Morgan fingerprint density at radius 3 is 2.94 bits per heavy atom. The molecule has 0 aliphatic carbocycles. The molecule has 0 bridgehead atoms. The first-order valence-electron chi connectivity index (χ1n) is 5.49. The molecule has 6 heteroatoms. The first kappa shape index (κ1) is 14.1. The Bertz CT molecular complexity index is 409. The number of benzene rings is 1. The molecule has 1 rings (SSSR count). The second kappa shape index (κ2) is 7.41. The summed E-state index contributed by atoms with van der Waals surface area (Å²) in [6.45, 7) is 4.18. The van der Waals surface area contributed by atoms with Gasteiger partial charge in [0.2, 0.25) is 0 Å². The van der Waals surface area contributed by atoms with Crippen LogP contribution in [-0.2, 0) is 4.74 Å². The lowest BCUT2D eigenvalue weighted by molar-refractivity contribution is -0.384. The van der Waals surface area contributed by atoms with E-state index in [1.54, 1.807) is 24.3 Å². The van der Waals surface area contributed by atoms with Crippen molar-refractivity contribution >= 4 is 11.4 Å². The summed E-state index contributed by atoms with van der Waals surface area (Å²) in [4.78, 5) is 10.3. The maximum Gasteiger partial charge on any atom is 0.292 e. The van der Waals surface area contributed by atoms with Gasteiger partial charge in [0.05, 0.1) is 24.2 Å². The van der Waals surface area contributed by atoms with Crippen molar-refractivity contribution < 1.29 is 14.8 Å². The number of nitro groups is 1. The van der Waals surface area contributed by atoms with E-state index in [1.165, 1.54) is 6.07 Å². The van der Waals surface area contributed by atoms with Gasteiger partial charge < -0.3 is 15.2 Å². The van der Waals surface area contributed by atoms with E-state index in [0.717, 1.165) is 0 Å². The SMILES string of the molecule is C=CCOCC(O)CNc1ccccc1[N+](=O)[O-]. The van der Waals surface area contributed by atoms with Crippen LogP contribution in [0.3, 0.4) is 0 Å². The Kier molecular flexibility index (Phi) is 5.83. The summed E-state index contributed by atoms with van der Waals surface area (Å²) in [6, 6.07) is 6.28. The molecular formula is C12H16N2O4. The molecule has 6 nitrogen and oxygen atoms in total. The summed E-state index contributed by atoms with van der Waals surface area (Å²) < 4.78 is 5.07. The third kappa shape index (κ3) is 4.52. The number of aliphatic hydroxyl groups is 1. The van der Waals surface area contributed by atoms with Gasteiger partial charge in [0.15, 0.2) is 0 Å². The van der Waals surface area contributed by atoms with Crippen molar-refractivity contribution in [2.45, 2.75) is 6.10 Å². The van der Waals surface area contributed by atoms with Gasteiger partial charge in [-0.15, -0.1) is 6.58 Å². The fraction of sp³-hybridized carbons (Fsp3) is 0.333. The van der Waals surface area contributed by atoms with Gasteiger partial charge in [-0.05, 0) is 6.07 Å². The van der Waals surface area contributed by atoms with Crippen LogP contribution in [0, 0.1) is 10.1 Å². The Hall–Kier alpha value is -1.92. The van der Waals surface area contributed by atoms with Crippen LogP contribution in [0.2, 0.25) is 0 Å². The normalized spacial score (nSPS) is 11.8. The Labute approximate surface area is 105 Å². The number of nitrogens with zero attached hydrogens (tertiary/aromatic N) is 1. The van der Waals surface area contributed by atoms with Crippen molar-refractivity contribution in [3.63, 3.8) is 0 Å². The number of hydrogen-bond donors (Lipinski definition) is 2. The number of ether oxygens (including phenoxy) is 1. The van der Waals surface area contributed by atoms with Gasteiger partial charge in [-0.3, -0.25) is 10.1 Å². The van der Waals surface area contributed by atoms with Crippen molar-refractivity contribution in [3.05, 3.63) is 47.0 Å². The first-order chi connectivity index (χ1) is 8.65. The van der Waals surface area contributed by atoms with Crippen LogP contribution in [0.25, 0.3) is 0 Å². The maximum atomic E-state index is 10.7. The first-order valence-corrected chi connectivity index (χ1v) is 5.49. The van der Waals surface area contributed by atoms with Gasteiger partial charge in [-0.1, -0.05) is 18.2 Å². The highest BCUT2D eigenvalue weighted by Crippen LogP contribution is 2.22. The summed E-state index contributed by atoms with van der Waals surface area (Å²) in [6.07, 6.45) is 0.854. The van der Waals surface area contributed by atoms with Crippen molar-refractivity contribution in [2.75, 3.05) is 25.1 Å². The molecule has 1 aromatic rings. The van der Waals surface area contributed by atoms with Crippen LogP contribution in [0.4, 0.5) is 11.4 Å². The molecule has 0 aliphatic rings. The largest absolute Gasteiger partial charge is 0.389 e. The van der Waals surface area contributed by atoms with Gasteiger partial charge >= 0.3 is 0 Å². The molecule has 0 radical (unpaired) electrons. The number of aliphatic hydroxyl groups excluding tert-OH is 1. The van der Waals surface area contributed by atoms with Gasteiger partial charge in [-0.2, -0.15) is 0 Å². The summed E-state index contributed by atoms with van der Waals surface area (Å²) in [7, 11) is 0. The molecule has 1 unspecified atom stereocenters. The fourth-order valence-electron chi connectivity index (χ4n) is 1.36. The van der Waals surface area contributed by atoms with Crippen molar-refractivity contribution in [1.82, 2.24) is 0 Å². The fourth-order valence-corrected chi connectivity index (χ4v) is 1.36. The van der Waals surface area contributed by atoms with E-state index in [4.69, 9.17) is 4.74 Å². The van der Waals surface area contributed by atoms with E-state index in [-0.39, 0.29) is 18.8 Å². The molecule has 2 N–H and O–H groups in total. The van der Waals surface area contributed by atoms with E-state index < -0.39 is 11.0 Å². The van der Waals surface area contributed by atoms with Gasteiger partial charge in [0, 0.05) is 12.6 Å². The second-order valence-electron chi connectivity index (χ2n) is 3.64. The molecule has 0 spiro atoms. The van der Waals surface area contributed by atoms with Gasteiger partial charge in [0.1, 0.15) is 5.69 Å². The highest BCUT2D eigenvalue weighted by molar-refractivity contribution is 5.61. The molecule has 18 heavy (non-hydrogen) atoms. The van der Waals surface area contributed by atoms with Crippen molar-refractivity contribution in [1.29, 1.82) is 0 Å². The lowest BCUT2D eigenvalue weighted by Crippen LogP contribution is -2.25. The lowest BCUT2D eigenvalue weighted by atomic mass is 10.2. The van der Waals surface area contributed by atoms with Crippen LogP contribution in [0.1, 0.15) is 0 Å². The molecule has 0 fully saturated rings. The predicted octanol–water partition coefficient (Wildman–Crippen LogP) is 1.57. The average molecular weight is 252 g/mol. The molecule has 0 amide bonds. The standard InChI is InChI=1S/C12H16N2O4/c1-2-7-18-9-10(15)8-13-11-5-3-4-6-12(11)14(16)17/h2-6,10,13,15H,1,7-9H2. The second-order valence-corrected chi connectivity index (χ2v) is 3.64. The van der Waals surface area contributed by atoms with E-state index in [2.05, 4.69) is 11.9 Å². The predicted molar refractivity (Wildman–Crippen MR) is 68.6 cm³/mol. The zero-order valence-corrected chi connectivity index (χ0v) is 9.91. The Morgan fingerprint density at radius 1 is 1.56 bits per heavy atom. The molecular weight excluding hydrogens is 236 g/mol. The van der Waals surface area contributed by atoms with Gasteiger partial charge in [0.25, 0.3) is 5.69 Å². The van der Waals surface area contributed by atoms with E-state index >= 15 is 0 Å². The van der Waals surface area contributed by atoms with Crippen LogP contribution in [0.15, 0.2) is 36.9 Å². The van der Waals surface area contributed by atoms with E-state index in [0.29, 0.717) is 12.3 Å². The summed E-state index contributed by atoms with van der Waals surface area (Å²) in [5.74, 6) is 0. The van der Waals surface area contributed by atoms with E-state index in [9.17, 15) is 15.2 Å². The Balaban J connectivity index is 2.47. The third-order valence-electron chi connectivity index (χ3n) is 2.17. The molecule has 0 aromatic heterocycles. The number of rotatable bonds is 8. The molecule has 0 aliphatic heterocycles. The van der Waals surface area contributed by atoms with E-state index in [1.807, 2.05) is 0 Å². The molecule has 0 heterocycles. The minimum Gasteiger partial charge on any atom is -0.389 e. The minimum atomic E-state index is -0.732. The number of para-hydroxylation sites is 2. The van der Waals surface area contributed by atoms with Crippen molar-refractivity contribution in [3.8, 4) is 0 Å². The average Bonchev–Trinajstić information content (AvgIpc) is 2.37. The van der Waals surface area contributed by atoms with Crippen LogP contribution >= 0.6 is 0 Å². The highest BCUT2D eigenvalue weighted by Gasteiger charge is 2.13. The molecule has 1 aromatic carbocycles. The smallest absolute Gasteiger partial charge is 0.292 e. The van der Waals surface area contributed by atoms with Crippen LogP contribution < -0.4 is 5.32 Å². The monoisotopic (exact) mass is 252 g/mol. The zero-order chi connectivity index (χ0) is 13.4. The topological polar surface area (TPSA) is 84.6 Å². The van der Waals surface area contributed by atoms with Gasteiger partial charge in [-0.25, -0.2) is 0 Å². The summed E-state index contributed by atoms with van der Waals surface area (Å²) >= 11 is 0. The molecule has 0 saturated heterocycles. The number of anilines is 1. The quantitative estimate of drug-likeness (QED) is 0.317. The maximum absolute atomic E-state index is 10.7. The lowest BCUT2D eigenvalue weighted by Gasteiger charge is -2.12. The zero-order valence-electron chi connectivity index (χ0n) is 9.91. The number of hydrogen-bond acceptors (Lipinski definition) is 5. The number of nitrogens with one attached hydrogen (secondary N) is 1. The Morgan fingerprint density at radius 2 is 2.28 bits per heavy atom. The number of nitro benzene ring substituents is 1. The van der Waals surface area contributed by atoms with Crippen molar-refractivity contribution in [2.24, 2.45) is 0 Å². The molecule has 98 valence electrons. The molecule has 0 saturated carbocycles. The third-order valence-corrected chi connectivity index (χ3v) is 2.17. The highest BCUT2D eigenvalue weighted by atomic mass is 16.6. The summed E-state index contributed by atoms with van der Waals surface area (Å²) in [5.41, 5.74) is 0.363. The van der Waals surface area contributed by atoms with Crippen LogP contribution in [0.5, 0.6) is 0 Å². The van der Waals surface area contributed by atoms with Crippen LogP contribution in [-0.4, -0.2) is 35.9 Å².